The van der Waals surface area contributed by atoms with Crippen molar-refractivity contribution in [1.82, 2.24) is 4.90 Å². The van der Waals surface area contributed by atoms with Gasteiger partial charge in [0.05, 0.1) is 17.2 Å². The third kappa shape index (κ3) is 3.22. The maximum atomic E-state index is 11.1. The Morgan fingerprint density at radius 3 is 2.15 bits per heavy atom. The van der Waals surface area contributed by atoms with Crippen LogP contribution in [0.15, 0.2) is 72.6 Å². The molecular formula is C21H24N2O3. The van der Waals surface area contributed by atoms with E-state index >= 15 is 0 Å². The molecule has 1 atom stereocenters. The minimum atomic E-state index is -0.688. The number of methoxy groups -OCH3 is 1. The van der Waals surface area contributed by atoms with Crippen molar-refractivity contribution in [1.29, 1.82) is 0 Å². The molecule has 0 aliphatic carbocycles. The lowest BCUT2D eigenvalue weighted by atomic mass is 9.78. The first-order valence-corrected chi connectivity index (χ1v) is 8.84. The Labute approximate surface area is 154 Å². The molecule has 1 aliphatic heterocycles. The molecule has 1 aliphatic rings. The van der Waals surface area contributed by atoms with Crippen LogP contribution in [0.3, 0.4) is 0 Å². The summed E-state index contributed by atoms with van der Waals surface area (Å²) in [4.78, 5) is 12.9. The van der Waals surface area contributed by atoms with Crippen LogP contribution >= 0.6 is 0 Å². The van der Waals surface area contributed by atoms with E-state index < -0.39 is 5.60 Å². The van der Waals surface area contributed by atoms with Crippen molar-refractivity contribution in [2.24, 2.45) is 0 Å². The third-order valence-corrected chi connectivity index (χ3v) is 5.13. The van der Waals surface area contributed by atoms with Crippen LogP contribution in [0.2, 0.25) is 0 Å². The molecule has 0 amide bonds. The lowest BCUT2D eigenvalue weighted by Gasteiger charge is -2.42. The first-order chi connectivity index (χ1) is 12.6. The topological polar surface area (TPSA) is 55.6 Å². The second-order valence-corrected chi connectivity index (χ2v) is 6.60. The summed E-state index contributed by atoms with van der Waals surface area (Å²) in [6, 6.07) is 20.2. The van der Waals surface area contributed by atoms with E-state index in [1.807, 2.05) is 36.4 Å². The first kappa shape index (κ1) is 18.1. The van der Waals surface area contributed by atoms with Gasteiger partial charge in [-0.1, -0.05) is 60.7 Å². The van der Waals surface area contributed by atoms with Gasteiger partial charge in [-0.3, -0.25) is 10.1 Å². The van der Waals surface area contributed by atoms with Crippen LogP contribution in [0.5, 0.6) is 0 Å². The number of nitrogens with zero attached hydrogens (tertiary/aromatic N) is 2. The molecule has 3 rings (SSSR count). The highest BCUT2D eigenvalue weighted by atomic mass is 16.6. The van der Waals surface area contributed by atoms with E-state index in [-0.39, 0.29) is 16.7 Å². The van der Waals surface area contributed by atoms with Crippen molar-refractivity contribution in [2.75, 3.05) is 13.7 Å². The lowest BCUT2D eigenvalue weighted by molar-refractivity contribution is -0.425. The molecule has 1 heterocycles. The number of hydrogen-bond donors (Lipinski definition) is 0. The van der Waals surface area contributed by atoms with Crippen molar-refractivity contribution in [3.05, 3.63) is 93.8 Å². The summed E-state index contributed by atoms with van der Waals surface area (Å²) < 4.78 is 6.23. The number of allylic oxidation sites excluding steroid dienone is 1. The Morgan fingerprint density at radius 1 is 1.15 bits per heavy atom. The zero-order valence-corrected chi connectivity index (χ0v) is 15.2. The van der Waals surface area contributed by atoms with Gasteiger partial charge in [0, 0.05) is 20.6 Å². The summed E-state index contributed by atoms with van der Waals surface area (Å²) in [6.45, 7) is 2.32. The quantitative estimate of drug-likeness (QED) is 0.578. The second kappa shape index (κ2) is 7.70. The molecule has 26 heavy (non-hydrogen) atoms. The highest BCUT2D eigenvalue weighted by Gasteiger charge is 2.47. The molecule has 0 saturated carbocycles. The normalized spacial score (nSPS) is 18.2. The van der Waals surface area contributed by atoms with Gasteiger partial charge in [-0.05, 0) is 24.0 Å². The fourth-order valence-electron chi connectivity index (χ4n) is 3.96. The fraction of sp³-hybridized carbons (Fsp3) is 0.333. The van der Waals surface area contributed by atoms with Gasteiger partial charge in [-0.2, -0.15) is 0 Å². The van der Waals surface area contributed by atoms with Gasteiger partial charge in [0.15, 0.2) is 0 Å². The van der Waals surface area contributed by atoms with Crippen LogP contribution in [0.1, 0.15) is 30.9 Å². The van der Waals surface area contributed by atoms with Crippen LogP contribution in [0.4, 0.5) is 0 Å². The van der Waals surface area contributed by atoms with Crippen LogP contribution in [0.25, 0.3) is 0 Å². The maximum absolute atomic E-state index is 11.1. The maximum Gasteiger partial charge on any atom is 0.258 e. The van der Waals surface area contributed by atoms with E-state index in [0.29, 0.717) is 0 Å². The molecule has 1 saturated heterocycles. The van der Waals surface area contributed by atoms with E-state index in [1.165, 1.54) is 6.92 Å². The van der Waals surface area contributed by atoms with Gasteiger partial charge in [0.1, 0.15) is 5.60 Å². The number of likely N-dealkylation sites (tertiary alicyclic amines) is 1. The second-order valence-electron chi connectivity index (χ2n) is 6.60. The zero-order chi connectivity index (χ0) is 18.6. The molecule has 5 nitrogen and oxygen atoms in total. The van der Waals surface area contributed by atoms with Gasteiger partial charge in [0.2, 0.25) is 0 Å². The summed E-state index contributed by atoms with van der Waals surface area (Å²) in [5.74, 6) is 0. The summed E-state index contributed by atoms with van der Waals surface area (Å²) >= 11 is 0. The Hall–Kier alpha value is -2.66. The predicted octanol–water partition coefficient (Wildman–Crippen LogP) is 4.18. The summed E-state index contributed by atoms with van der Waals surface area (Å²) in [5, 5.41) is 11.1. The molecule has 2 aromatic carbocycles. The van der Waals surface area contributed by atoms with Crippen molar-refractivity contribution < 1.29 is 9.66 Å². The molecule has 0 bridgehead atoms. The van der Waals surface area contributed by atoms with E-state index in [4.69, 9.17) is 4.74 Å². The number of rotatable bonds is 6. The molecule has 0 N–H and O–H groups in total. The molecule has 2 aromatic rings. The number of ether oxygens (including phenoxy) is 1. The van der Waals surface area contributed by atoms with Crippen molar-refractivity contribution in [3.8, 4) is 0 Å². The highest BCUT2D eigenvalue weighted by Crippen LogP contribution is 2.43. The number of benzene rings is 2. The van der Waals surface area contributed by atoms with Crippen LogP contribution < -0.4 is 0 Å². The molecule has 0 aromatic heterocycles. The van der Waals surface area contributed by atoms with Gasteiger partial charge in [-0.25, -0.2) is 0 Å². The van der Waals surface area contributed by atoms with Gasteiger partial charge in [-0.15, -0.1) is 0 Å². The SMILES string of the molecule is COC(c1ccccc1)(c1ccccc1)[C@@H]1CCCN1/C=C(\C)[N+](=O)[O-]. The average Bonchev–Trinajstić information content (AvgIpc) is 3.13. The molecule has 0 radical (unpaired) electrons. The number of hydrogen-bond acceptors (Lipinski definition) is 4. The van der Waals surface area contributed by atoms with E-state index in [9.17, 15) is 10.1 Å². The van der Waals surface area contributed by atoms with Crippen LogP contribution in [-0.4, -0.2) is 29.5 Å². The van der Waals surface area contributed by atoms with E-state index in [0.717, 1.165) is 30.5 Å². The van der Waals surface area contributed by atoms with Crippen molar-refractivity contribution >= 4 is 0 Å². The minimum absolute atomic E-state index is 0.0211. The molecule has 1 fully saturated rings. The minimum Gasteiger partial charge on any atom is -0.367 e. The predicted molar refractivity (Wildman–Crippen MR) is 101 cm³/mol. The largest absolute Gasteiger partial charge is 0.367 e. The van der Waals surface area contributed by atoms with Crippen molar-refractivity contribution in [2.45, 2.75) is 31.4 Å². The Kier molecular flexibility index (Phi) is 5.38. The average molecular weight is 352 g/mol. The highest BCUT2D eigenvalue weighted by molar-refractivity contribution is 5.39. The van der Waals surface area contributed by atoms with E-state index in [2.05, 4.69) is 29.2 Å². The molecular weight excluding hydrogens is 328 g/mol. The number of nitro groups is 1. The van der Waals surface area contributed by atoms with Gasteiger partial charge in [0.25, 0.3) is 5.70 Å². The first-order valence-electron chi connectivity index (χ1n) is 8.84. The third-order valence-electron chi connectivity index (χ3n) is 5.13. The van der Waals surface area contributed by atoms with Crippen LogP contribution in [-0.2, 0) is 10.3 Å². The standard InChI is InChI=1S/C21H24N2O3/c1-17(23(24)25)16-22-15-9-14-20(22)21(26-2,18-10-5-3-6-11-18)19-12-7-4-8-13-19/h3-8,10-13,16,20H,9,14-15H2,1-2H3/b17-16+/t20-/m0/s1. The summed E-state index contributed by atoms with van der Waals surface area (Å²) in [6.07, 6.45) is 3.54. The Morgan fingerprint density at radius 2 is 1.69 bits per heavy atom. The van der Waals surface area contributed by atoms with Crippen LogP contribution in [0, 0.1) is 10.1 Å². The Bertz CT molecular complexity index is 735. The summed E-state index contributed by atoms with van der Waals surface area (Å²) in [7, 11) is 1.72. The molecule has 0 spiro atoms. The van der Waals surface area contributed by atoms with Crippen molar-refractivity contribution in [3.63, 3.8) is 0 Å². The van der Waals surface area contributed by atoms with Gasteiger partial charge < -0.3 is 9.64 Å². The summed E-state index contributed by atoms with van der Waals surface area (Å²) in [5.41, 5.74) is 1.56. The molecule has 0 unspecified atom stereocenters. The lowest BCUT2D eigenvalue weighted by Crippen LogP contribution is -2.48. The monoisotopic (exact) mass is 352 g/mol. The molecule has 136 valence electrons. The zero-order valence-electron chi connectivity index (χ0n) is 15.2. The smallest absolute Gasteiger partial charge is 0.258 e. The Balaban J connectivity index is 2.15. The van der Waals surface area contributed by atoms with E-state index in [1.54, 1.807) is 13.3 Å². The molecule has 5 heteroatoms. The fourth-order valence-corrected chi connectivity index (χ4v) is 3.96. The van der Waals surface area contributed by atoms with Gasteiger partial charge >= 0.3 is 0 Å².